The van der Waals surface area contributed by atoms with E-state index in [1.54, 1.807) is 6.20 Å². The Balaban J connectivity index is 1.43. The number of hydrogen-bond acceptors (Lipinski definition) is 5. The van der Waals surface area contributed by atoms with Gasteiger partial charge in [-0.3, -0.25) is 9.98 Å². The molecule has 3 heterocycles. The third-order valence-corrected chi connectivity index (χ3v) is 5.68. The molecule has 2 atom stereocenters. The second-order valence-electron chi connectivity index (χ2n) is 7.99. The molecule has 10 heteroatoms. The quantitative estimate of drug-likeness (QED) is 0.253. The summed E-state index contributed by atoms with van der Waals surface area (Å²) in [7, 11) is 0. The van der Waals surface area contributed by atoms with E-state index in [9.17, 15) is 9.18 Å². The smallest absolute Gasteiger partial charge is 0.354 e. The van der Waals surface area contributed by atoms with E-state index in [0.29, 0.717) is 30.2 Å². The normalized spacial score (nSPS) is 17.0. The number of ether oxygens (including phenoxy) is 1. The van der Waals surface area contributed by atoms with Crippen molar-refractivity contribution < 1.29 is 9.13 Å². The molecule has 4 rings (SSSR count). The number of hydrogen-bond donors (Lipinski definition) is 5. The SMILES string of the molecule is N=C(N)NCC[C@H](CF)OCc1ccc(-n2cc3cc(C4CCNC4)[nH]c3nc2=O)cc1. The molecule has 0 aliphatic carbocycles. The molecular formula is C22H28FN7O2. The molecule has 1 unspecified atom stereocenters. The van der Waals surface area contributed by atoms with Crippen LogP contribution < -0.4 is 22.1 Å². The summed E-state index contributed by atoms with van der Waals surface area (Å²) in [4.78, 5) is 20.1. The molecule has 1 aliphatic rings. The molecule has 3 aromatic rings. The van der Waals surface area contributed by atoms with E-state index in [0.717, 1.165) is 36.2 Å². The van der Waals surface area contributed by atoms with Crippen LogP contribution in [0.25, 0.3) is 16.7 Å². The predicted molar refractivity (Wildman–Crippen MR) is 121 cm³/mol. The van der Waals surface area contributed by atoms with Gasteiger partial charge in [-0.2, -0.15) is 4.98 Å². The van der Waals surface area contributed by atoms with E-state index in [1.807, 2.05) is 24.3 Å². The monoisotopic (exact) mass is 441 g/mol. The van der Waals surface area contributed by atoms with Crippen LogP contribution in [0.3, 0.4) is 0 Å². The van der Waals surface area contributed by atoms with Crippen molar-refractivity contribution in [3.05, 3.63) is 58.3 Å². The number of guanidine groups is 1. The standard InChI is InChI=1S/C22H28FN7O2/c23-10-18(6-8-27-21(24)25)32-13-14-1-3-17(4-2-14)30-12-16-9-19(15-5-7-26-11-15)28-20(16)29-22(30)31/h1-4,9,12,15,18,26H,5-8,10-11,13H2,(H4,24,25,27)(H,28,29,31)/t15?,18-/m1/s1. The van der Waals surface area contributed by atoms with Crippen molar-refractivity contribution in [2.24, 2.45) is 5.73 Å². The first-order chi connectivity index (χ1) is 15.5. The molecule has 32 heavy (non-hydrogen) atoms. The zero-order chi connectivity index (χ0) is 22.5. The molecule has 0 amide bonds. The lowest BCUT2D eigenvalue weighted by molar-refractivity contribution is 0.0198. The van der Waals surface area contributed by atoms with Crippen LogP contribution in [0.2, 0.25) is 0 Å². The number of aromatic amines is 1. The van der Waals surface area contributed by atoms with Crippen molar-refractivity contribution in [2.45, 2.75) is 31.5 Å². The molecule has 0 radical (unpaired) electrons. The lowest BCUT2D eigenvalue weighted by atomic mass is 10.1. The average Bonchev–Trinajstić information content (AvgIpc) is 3.45. The summed E-state index contributed by atoms with van der Waals surface area (Å²) < 4.78 is 20.3. The summed E-state index contributed by atoms with van der Waals surface area (Å²) >= 11 is 0. The second kappa shape index (κ2) is 9.92. The number of benzene rings is 1. The van der Waals surface area contributed by atoms with Crippen molar-refractivity contribution in [1.82, 2.24) is 25.2 Å². The molecule has 2 aromatic heterocycles. The molecule has 1 aliphatic heterocycles. The Morgan fingerprint density at radius 1 is 1.41 bits per heavy atom. The number of H-pyrrole nitrogens is 1. The maximum absolute atomic E-state index is 13.2. The van der Waals surface area contributed by atoms with Crippen LogP contribution in [-0.4, -0.2) is 52.9 Å². The van der Waals surface area contributed by atoms with Gasteiger partial charge in [0, 0.05) is 36.3 Å². The minimum Gasteiger partial charge on any atom is -0.371 e. The topological polar surface area (TPSA) is 134 Å². The van der Waals surface area contributed by atoms with Crippen molar-refractivity contribution in [1.29, 1.82) is 5.41 Å². The number of nitrogens with two attached hydrogens (primary N) is 1. The third-order valence-electron chi connectivity index (χ3n) is 5.68. The van der Waals surface area contributed by atoms with Gasteiger partial charge in [-0.1, -0.05) is 12.1 Å². The van der Waals surface area contributed by atoms with Crippen LogP contribution in [0.1, 0.15) is 30.0 Å². The Bertz CT molecular complexity index is 1120. The van der Waals surface area contributed by atoms with E-state index in [2.05, 4.69) is 26.7 Å². The molecule has 0 saturated carbocycles. The van der Waals surface area contributed by atoms with Gasteiger partial charge in [-0.25, -0.2) is 9.18 Å². The number of nitrogens with one attached hydrogen (secondary N) is 4. The van der Waals surface area contributed by atoms with Gasteiger partial charge in [0.1, 0.15) is 12.3 Å². The molecular weight excluding hydrogens is 413 g/mol. The summed E-state index contributed by atoms with van der Waals surface area (Å²) in [5.74, 6) is 0.269. The van der Waals surface area contributed by atoms with Crippen LogP contribution in [0.5, 0.6) is 0 Å². The molecule has 6 N–H and O–H groups in total. The highest BCUT2D eigenvalue weighted by Gasteiger charge is 2.19. The van der Waals surface area contributed by atoms with Gasteiger partial charge in [0.25, 0.3) is 0 Å². The predicted octanol–water partition coefficient (Wildman–Crippen LogP) is 1.52. The Labute approximate surface area is 184 Å². The highest BCUT2D eigenvalue weighted by molar-refractivity contribution is 5.76. The summed E-state index contributed by atoms with van der Waals surface area (Å²) in [5.41, 5.74) is 8.14. The lowest BCUT2D eigenvalue weighted by Crippen LogP contribution is -2.33. The Kier molecular flexibility index (Phi) is 6.81. The number of aromatic nitrogens is 3. The molecule has 9 nitrogen and oxygen atoms in total. The van der Waals surface area contributed by atoms with E-state index in [4.69, 9.17) is 15.9 Å². The van der Waals surface area contributed by atoms with Gasteiger partial charge in [0.15, 0.2) is 5.96 Å². The van der Waals surface area contributed by atoms with Crippen molar-refractivity contribution in [3.63, 3.8) is 0 Å². The van der Waals surface area contributed by atoms with E-state index < -0.39 is 12.8 Å². The fourth-order valence-electron chi connectivity index (χ4n) is 3.88. The Morgan fingerprint density at radius 2 is 2.22 bits per heavy atom. The van der Waals surface area contributed by atoms with Gasteiger partial charge in [-0.05, 0) is 43.1 Å². The maximum Gasteiger partial charge on any atom is 0.354 e. The molecule has 0 spiro atoms. The second-order valence-corrected chi connectivity index (χ2v) is 7.99. The van der Waals surface area contributed by atoms with Crippen LogP contribution >= 0.6 is 0 Å². The number of alkyl halides is 1. The zero-order valence-electron chi connectivity index (χ0n) is 17.7. The van der Waals surface area contributed by atoms with E-state index >= 15 is 0 Å². The van der Waals surface area contributed by atoms with Gasteiger partial charge >= 0.3 is 5.69 Å². The minimum atomic E-state index is -0.617. The summed E-state index contributed by atoms with van der Waals surface area (Å²) in [6.07, 6.45) is 2.70. The molecule has 170 valence electrons. The molecule has 1 saturated heterocycles. The van der Waals surface area contributed by atoms with Crippen LogP contribution in [0.4, 0.5) is 4.39 Å². The van der Waals surface area contributed by atoms with Gasteiger partial charge in [-0.15, -0.1) is 0 Å². The maximum atomic E-state index is 13.2. The first kappa shape index (κ1) is 22.0. The summed E-state index contributed by atoms with van der Waals surface area (Å²) in [6, 6.07) is 9.41. The first-order valence-corrected chi connectivity index (χ1v) is 10.7. The number of halogens is 1. The first-order valence-electron chi connectivity index (χ1n) is 10.7. The highest BCUT2D eigenvalue weighted by Crippen LogP contribution is 2.24. The lowest BCUT2D eigenvalue weighted by Gasteiger charge is -2.15. The molecule has 0 bridgehead atoms. The highest BCUT2D eigenvalue weighted by atomic mass is 19.1. The third kappa shape index (κ3) is 5.14. The number of fused-ring (bicyclic) bond motifs is 1. The van der Waals surface area contributed by atoms with Gasteiger partial charge in [0.05, 0.1) is 18.4 Å². The number of rotatable bonds is 9. The van der Waals surface area contributed by atoms with Crippen molar-refractivity contribution in [3.8, 4) is 5.69 Å². The fraction of sp³-hybridized carbons (Fsp3) is 0.409. The van der Waals surface area contributed by atoms with E-state index in [1.165, 1.54) is 4.57 Å². The Hall–Kier alpha value is -3.24. The Morgan fingerprint density at radius 3 is 2.91 bits per heavy atom. The van der Waals surface area contributed by atoms with E-state index in [-0.39, 0.29) is 18.3 Å². The minimum absolute atomic E-state index is 0.146. The number of nitrogens with zero attached hydrogens (tertiary/aromatic N) is 2. The van der Waals surface area contributed by atoms with Crippen molar-refractivity contribution in [2.75, 3.05) is 26.3 Å². The zero-order valence-corrected chi connectivity index (χ0v) is 17.7. The summed E-state index contributed by atoms with van der Waals surface area (Å²) in [5, 5.41) is 14.0. The van der Waals surface area contributed by atoms with Gasteiger partial charge < -0.3 is 26.1 Å². The van der Waals surface area contributed by atoms with Crippen LogP contribution in [0, 0.1) is 5.41 Å². The average molecular weight is 442 g/mol. The molecule has 1 aromatic carbocycles. The van der Waals surface area contributed by atoms with Crippen LogP contribution in [-0.2, 0) is 11.3 Å². The summed E-state index contributed by atoms with van der Waals surface area (Å²) in [6.45, 7) is 1.93. The van der Waals surface area contributed by atoms with Crippen LogP contribution in [0.15, 0.2) is 41.3 Å². The van der Waals surface area contributed by atoms with Gasteiger partial charge in [0.2, 0.25) is 0 Å². The van der Waals surface area contributed by atoms with Crippen molar-refractivity contribution >= 4 is 17.0 Å². The largest absolute Gasteiger partial charge is 0.371 e. The molecule has 1 fully saturated rings. The fourth-order valence-corrected chi connectivity index (χ4v) is 3.88.